The van der Waals surface area contributed by atoms with E-state index in [9.17, 15) is 9.18 Å². The fourth-order valence-corrected chi connectivity index (χ4v) is 3.57. The van der Waals surface area contributed by atoms with Crippen LogP contribution in [0, 0.1) is 5.82 Å². The molecule has 1 amide bonds. The predicted molar refractivity (Wildman–Crippen MR) is 113 cm³/mol. The van der Waals surface area contributed by atoms with E-state index < -0.39 is 0 Å². The number of nitrogens with one attached hydrogen (secondary N) is 1. The number of carbonyl (C=O) groups excluding carboxylic acids is 1. The van der Waals surface area contributed by atoms with Crippen LogP contribution in [0.3, 0.4) is 0 Å². The second kappa shape index (κ2) is 8.49. The molecule has 0 aliphatic carbocycles. The molecule has 1 N–H and O–H groups in total. The van der Waals surface area contributed by atoms with Crippen molar-refractivity contribution in [3.8, 4) is 5.75 Å². The average molecular weight is 406 g/mol. The first-order valence-electron chi connectivity index (χ1n) is 9.89. The van der Waals surface area contributed by atoms with Gasteiger partial charge in [0.1, 0.15) is 17.4 Å². The summed E-state index contributed by atoms with van der Waals surface area (Å²) in [4.78, 5) is 23.9. The predicted octanol–water partition coefficient (Wildman–Crippen LogP) is 4.20. The molecule has 0 bridgehead atoms. The number of methoxy groups -OCH3 is 1. The van der Waals surface area contributed by atoms with Crippen molar-refractivity contribution in [3.63, 3.8) is 0 Å². The SMILES string of the molecule is COc1ccnc(N2CCCc3nc(C(C)NC(=O)c4ccc(F)cc4)ccc32)c1. The summed E-state index contributed by atoms with van der Waals surface area (Å²) in [6, 6.07) is 12.9. The highest BCUT2D eigenvalue weighted by molar-refractivity contribution is 5.94. The molecule has 1 aliphatic rings. The Morgan fingerprint density at radius 3 is 2.77 bits per heavy atom. The van der Waals surface area contributed by atoms with Crippen molar-refractivity contribution in [3.05, 3.63) is 77.5 Å². The van der Waals surface area contributed by atoms with E-state index in [1.807, 2.05) is 31.2 Å². The van der Waals surface area contributed by atoms with E-state index in [1.54, 1.807) is 13.3 Å². The summed E-state index contributed by atoms with van der Waals surface area (Å²) in [6.45, 7) is 2.74. The second-order valence-corrected chi connectivity index (χ2v) is 7.21. The van der Waals surface area contributed by atoms with E-state index in [-0.39, 0.29) is 17.8 Å². The van der Waals surface area contributed by atoms with Crippen LogP contribution in [0.4, 0.5) is 15.9 Å². The number of halogens is 1. The van der Waals surface area contributed by atoms with E-state index in [4.69, 9.17) is 9.72 Å². The van der Waals surface area contributed by atoms with Crippen LogP contribution in [-0.2, 0) is 6.42 Å². The van der Waals surface area contributed by atoms with Gasteiger partial charge in [0.2, 0.25) is 0 Å². The number of aromatic nitrogens is 2. The van der Waals surface area contributed by atoms with E-state index in [0.717, 1.165) is 48.0 Å². The van der Waals surface area contributed by atoms with Crippen LogP contribution in [0.2, 0.25) is 0 Å². The Hall–Kier alpha value is -3.48. The molecule has 3 heterocycles. The van der Waals surface area contributed by atoms with Gasteiger partial charge in [-0.15, -0.1) is 0 Å². The van der Waals surface area contributed by atoms with Crippen molar-refractivity contribution in [2.24, 2.45) is 0 Å². The maximum absolute atomic E-state index is 13.1. The number of fused-ring (bicyclic) bond motifs is 1. The highest BCUT2D eigenvalue weighted by Gasteiger charge is 2.22. The summed E-state index contributed by atoms with van der Waals surface area (Å²) in [7, 11) is 1.64. The molecule has 0 saturated carbocycles. The molecule has 2 aromatic heterocycles. The summed E-state index contributed by atoms with van der Waals surface area (Å²) in [5.41, 5.74) is 3.19. The lowest BCUT2D eigenvalue weighted by atomic mass is 10.1. The Bertz CT molecular complexity index is 1060. The molecule has 30 heavy (non-hydrogen) atoms. The molecular weight excluding hydrogens is 383 g/mol. The zero-order valence-electron chi connectivity index (χ0n) is 16.9. The van der Waals surface area contributed by atoms with Crippen LogP contribution in [-0.4, -0.2) is 29.5 Å². The Labute approximate surface area is 174 Å². The molecule has 7 heteroatoms. The lowest BCUT2D eigenvalue weighted by molar-refractivity contribution is 0.0939. The quantitative estimate of drug-likeness (QED) is 0.688. The van der Waals surface area contributed by atoms with Crippen LogP contribution in [0.25, 0.3) is 0 Å². The summed E-state index contributed by atoms with van der Waals surface area (Å²) in [5, 5.41) is 2.93. The van der Waals surface area contributed by atoms with Gasteiger partial charge >= 0.3 is 0 Å². The third kappa shape index (κ3) is 4.10. The van der Waals surface area contributed by atoms with E-state index in [2.05, 4.69) is 15.2 Å². The first kappa shape index (κ1) is 19.8. The van der Waals surface area contributed by atoms with Crippen molar-refractivity contribution in [1.29, 1.82) is 0 Å². The molecule has 0 radical (unpaired) electrons. The van der Waals surface area contributed by atoms with Gasteiger partial charge in [-0.1, -0.05) is 0 Å². The molecule has 154 valence electrons. The van der Waals surface area contributed by atoms with Crippen molar-refractivity contribution in [2.45, 2.75) is 25.8 Å². The molecule has 1 atom stereocenters. The van der Waals surface area contributed by atoms with Gasteiger partial charge in [0.15, 0.2) is 0 Å². The van der Waals surface area contributed by atoms with E-state index >= 15 is 0 Å². The minimum Gasteiger partial charge on any atom is -0.497 e. The number of hydrogen-bond donors (Lipinski definition) is 1. The maximum Gasteiger partial charge on any atom is 0.251 e. The number of anilines is 2. The van der Waals surface area contributed by atoms with Crippen LogP contribution < -0.4 is 15.0 Å². The molecular formula is C23H23FN4O2. The van der Waals surface area contributed by atoms with Crippen LogP contribution in [0.15, 0.2) is 54.7 Å². The number of benzene rings is 1. The third-order valence-electron chi connectivity index (χ3n) is 5.18. The summed E-state index contributed by atoms with van der Waals surface area (Å²) >= 11 is 0. The van der Waals surface area contributed by atoms with Crippen LogP contribution >= 0.6 is 0 Å². The minimum absolute atomic E-state index is 0.260. The Kier molecular flexibility index (Phi) is 5.61. The molecule has 3 aromatic rings. The number of carbonyl (C=O) groups is 1. The van der Waals surface area contributed by atoms with Gasteiger partial charge in [0.25, 0.3) is 5.91 Å². The molecule has 1 aromatic carbocycles. The zero-order valence-corrected chi connectivity index (χ0v) is 16.9. The Morgan fingerprint density at radius 2 is 2.00 bits per heavy atom. The number of aryl methyl sites for hydroxylation is 1. The maximum atomic E-state index is 13.1. The number of amides is 1. The smallest absolute Gasteiger partial charge is 0.251 e. The van der Waals surface area contributed by atoms with Gasteiger partial charge in [-0.3, -0.25) is 9.78 Å². The number of ether oxygens (including phenoxy) is 1. The van der Waals surface area contributed by atoms with Gasteiger partial charge in [0, 0.05) is 24.4 Å². The molecule has 1 unspecified atom stereocenters. The molecule has 0 fully saturated rings. The fraction of sp³-hybridized carbons (Fsp3) is 0.261. The minimum atomic E-state index is -0.369. The number of hydrogen-bond acceptors (Lipinski definition) is 5. The van der Waals surface area contributed by atoms with E-state index in [0.29, 0.717) is 5.56 Å². The van der Waals surface area contributed by atoms with Gasteiger partial charge < -0.3 is 15.0 Å². The van der Waals surface area contributed by atoms with E-state index in [1.165, 1.54) is 24.3 Å². The topological polar surface area (TPSA) is 67.3 Å². The largest absolute Gasteiger partial charge is 0.497 e. The zero-order chi connectivity index (χ0) is 21.1. The number of nitrogens with zero attached hydrogens (tertiary/aromatic N) is 3. The first-order chi connectivity index (χ1) is 14.5. The van der Waals surface area contributed by atoms with Gasteiger partial charge in [-0.05, 0) is 62.2 Å². The van der Waals surface area contributed by atoms with Crippen molar-refractivity contribution < 1.29 is 13.9 Å². The highest BCUT2D eigenvalue weighted by Crippen LogP contribution is 2.33. The molecule has 4 rings (SSSR count). The summed E-state index contributed by atoms with van der Waals surface area (Å²) in [6.07, 6.45) is 3.55. The Morgan fingerprint density at radius 1 is 1.20 bits per heavy atom. The normalized spacial score (nSPS) is 14.0. The van der Waals surface area contributed by atoms with Crippen LogP contribution in [0.5, 0.6) is 5.75 Å². The van der Waals surface area contributed by atoms with Gasteiger partial charge in [-0.25, -0.2) is 9.37 Å². The van der Waals surface area contributed by atoms with Crippen molar-refractivity contribution in [1.82, 2.24) is 15.3 Å². The lowest BCUT2D eigenvalue weighted by Crippen LogP contribution is -2.29. The summed E-state index contributed by atoms with van der Waals surface area (Å²) < 4.78 is 18.4. The monoisotopic (exact) mass is 406 g/mol. The molecule has 6 nitrogen and oxygen atoms in total. The average Bonchev–Trinajstić information content (AvgIpc) is 2.78. The fourth-order valence-electron chi connectivity index (χ4n) is 3.57. The van der Waals surface area contributed by atoms with Crippen molar-refractivity contribution >= 4 is 17.4 Å². The lowest BCUT2D eigenvalue weighted by Gasteiger charge is -2.30. The number of rotatable bonds is 5. The van der Waals surface area contributed by atoms with Crippen LogP contribution in [0.1, 0.15) is 41.1 Å². The standard InChI is InChI=1S/C23H23FN4O2/c1-15(26-23(29)16-5-7-17(24)8-6-16)19-9-10-21-20(27-19)4-3-13-28(21)22-14-18(30-2)11-12-25-22/h5-12,14-15H,3-4,13H2,1-2H3,(H,26,29). The first-order valence-corrected chi connectivity index (χ1v) is 9.89. The third-order valence-corrected chi connectivity index (χ3v) is 5.18. The molecule has 0 saturated heterocycles. The second-order valence-electron chi connectivity index (χ2n) is 7.21. The van der Waals surface area contributed by atoms with Gasteiger partial charge in [0.05, 0.1) is 30.2 Å². The Balaban J connectivity index is 1.54. The highest BCUT2D eigenvalue weighted by atomic mass is 19.1. The van der Waals surface area contributed by atoms with Crippen molar-refractivity contribution in [2.75, 3.05) is 18.6 Å². The van der Waals surface area contributed by atoms with Gasteiger partial charge in [-0.2, -0.15) is 0 Å². The number of pyridine rings is 2. The summed E-state index contributed by atoms with van der Waals surface area (Å²) in [5.74, 6) is 0.951. The molecule has 1 aliphatic heterocycles. The molecule has 0 spiro atoms.